The van der Waals surface area contributed by atoms with E-state index in [2.05, 4.69) is 28.4 Å². The summed E-state index contributed by atoms with van der Waals surface area (Å²) >= 11 is 0. The number of aromatic nitrogens is 2. The lowest BCUT2D eigenvalue weighted by molar-refractivity contribution is 0.0767. The largest absolute Gasteiger partial charge is 0.508 e. The first-order valence-corrected chi connectivity index (χ1v) is 8.59. The maximum atomic E-state index is 12.7. The molecule has 0 spiro atoms. The number of nitrogens with one attached hydrogen (secondary N) is 1. The van der Waals surface area contributed by atoms with Crippen LogP contribution in [0.25, 0.3) is 16.8 Å². The molecule has 0 fully saturated rings. The number of H-pyrrole nitrogens is 1. The predicted molar refractivity (Wildman–Crippen MR) is 101 cm³/mol. The first-order valence-electron chi connectivity index (χ1n) is 8.59. The van der Waals surface area contributed by atoms with Crippen LogP contribution in [-0.2, 0) is 0 Å². The number of amides is 1. The van der Waals surface area contributed by atoms with Gasteiger partial charge in [0.15, 0.2) is 0 Å². The molecular weight excluding hydrogens is 326 g/mol. The van der Waals surface area contributed by atoms with E-state index in [4.69, 9.17) is 0 Å². The van der Waals surface area contributed by atoms with Gasteiger partial charge in [-0.2, -0.15) is 5.10 Å². The second kappa shape index (κ2) is 6.88. The van der Waals surface area contributed by atoms with Crippen molar-refractivity contribution >= 4 is 11.5 Å². The van der Waals surface area contributed by atoms with E-state index in [0.717, 1.165) is 12.0 Å². The van der Waals surface area contributed by atoms with Gasteiger partial charge in [0.1, 0.15) is 11.4 Å². The quantitative estimate of drug-likeness (QED) is 0.760. The fourth-order valence-electron chi connectivity index (χ4n) is 3.15. The summed E-state index contributed by atoms with van der Waals surface area (Å²) in [5.74, 6) is 0.154. The molecule has 1 aliphatic rings. The third kappa shape index (κ3) is 3.24. The van der Waals surface area contributed by atoms with Gasteiger partial charge in [-0.1, -0.05) is 36.4 Å². The van der Waals surface area contributed by atoms with Crippen molar-refractivity contribution in [3.8, 4) is 17.0 Å². The van der Waals surface area contributed by atoms with Crippen molar-refractivity contribution in [1.82, 2.24) is 15.1 Å². The fourth-order valence-corrected chi connectivity index (χ4v) is 3.15. The molecule has 5 nitrogen and oxygen atoms in total. The molecule has 2 heterocycles. The van der Waals surface area contributed by atoms with Crippen LogP contribution in [0.15, 0.2) is 66.7 Å². The summed E-state index contributed by atoms with van der Waals surface area (Å²) in [6.07, 6.45) is 2.96. The molecule has 26 heavy (non-hydrogen) atoms. The Morgan fingerprint density at radius 3 is 2.50 bits per heavy atom. The van der Waals surface area contributed by atoms with Gasteiger partial charge >= 0.3 is 0 Å². The summed E-state index contributed by atoms with van der Waals surface area (Å²) in [5.41, 5.74) is 4.51. The third-order valence-electron chi connectivity index (χ3n) is 4.61. The van der Waals surface area contributed by atoms with Crippen LogP contribution in [0, 0.1) is 0 Å². The van der Waals surface area contributed by atoms with Gasteiger partial charge in [-0.15, -0.1) is 0 Å². The van der Waals surface area contributed by atoms with Crippen LogP contribution in [0.3, 0.4) is 0 Å². The number of carbonyl (C=O) groups excluding carboxylic acids is 1. The highest BCUT2D eigenvalue weighted by molar-refractivity contribution is 5.94. The molecule has 0 radical (unpaired) electrons. The van der Waals surface area contributed by atoms with Crippen molar-refractivity contribution in [2.24, 2.45) is 0 Å². The van der Waals surface area contributed by atoms with Crippen LogP contribution < -0.4 is 0 Å². The van der Waals surface area contributed by atoms with Crippen LogP contribution in [0.5, 0.6) is 5.75 Å². The molecule has 130 valence electrons. The number of phenolic OH excluding ortho intramolecular Hbond substituents is 1. The van der Waals surface area contributed by atoms with E-state index in [1.165, 1.54) is 11.1 Å². The molecule has 1 aromatic heterocycles. The Labute approximate surface area is 151 Å². The third-order valence-corrected chi connectivity index (χ3v) is 4.61. The van der Waals surface area contributed by atoms with E-state index in [1.807, 2.05) is 23.1 Å². The maximum Gasteiger partial charge on any atom is 0.272 e. The average molecular weight is 345 g/mol. The Kier molecular flexibility index (Phi) is 4.27. The van der Waals surface area contributed by atoms with E-state index in [1.54, 1.807) is 30.3 Å². The minimum Gasteiger partial charge on any atom is -0.508 e. The number of nitrogens with zero attached hydrogens (tertiary/aromatic N) is 2. The van der Waals surface area contributed by atoms with Crippen molar-refractivity contribution in [1.29, 1.82) is 0 Å². The molecule has 0 atom stereocenters. The topological polar surface area (TPSA) is 69.2 Å². The normalized spacial score (nSPS) is 14.2. The summed E-state index contributed by atoms with van der Waals surface area (Å²) in [5, 5.41) is 16.4. The molecule has 1 amide bonds. The monoisotopic (exact) mass is 345 g/mol. The zero-order valence-corrected chi connectivity index (χ0v) is 14.2. The van der Waals surface area contributed by atoms with Gasteiger partial charge in [0.25, 0.3) is 5.91 Å². The molecule has 1 aliphatic heterocycles. The molecule has 0 aliphatic carbocycles. The summed E-state index contributed by atoms with van der Waals surface area (Å²) < 4.78 is 0. The summed E-state index contributed by atoms with van der Waals surface area (Å²) in [6, 6.07) is 18.8. The first kappa shape index (κ1) is 16.1. The molecule has 0 bridgehead atoms. The van der Waals surface area contributed by atoms with Crippen molar-refractivity contribution in [2.75, 3.05) is 13.1 Å². The highest BCUT2D eigenvalue weighted by atomic mass is 16.3. The molecule has 0 unspecified atom stereocenters. The number of benzene rings is 2. The second-order valence-corrected chi connectivity index (χ2v) is 6.31. The molecular formula is C21H19N3O2. The molecule has 4 rings (SSSR count). The summed E-state index contributed by atoms with van der Waals surface area (Å²) in [4.78, 5) is 14.5. The van der Waals surface area contributed by atoms with Crippen molar-refractivity contribution in [3.63, 3.8) is 0 Å². The van der Waals surface area contributed by atoms with Crippen molar-refractivity contribution in [2.45, 2.75) is 6.42 Å². The zero-order valence-electron chi connectivity index (χ0n) is 14.2. The molecule has 2 aromatic carbocycles. The number of hydrogen-bond acceptors (Lipinski definition) is 3. The fraction of sp³-hybridized carbons (Fsp3) is 0.143. The van der Waals surface area contributed by atoms with Crippen LogP contribution in [-0.4, -0.2) is 39.2 Å². The smallest absolute Gasteiger partial charge is 0.272 e. The lowest BCUT2D eigenvalue weighted by Gasteiger charge is -2.26. The van der Waals surface area contributed by atoms with Gasteiger partial charge in [-0.25, -0.2) is 0 Å². The van der Waals surface area contributed by atoms with Crippen molar-refractivity contribution < 1.29 is 9.90 Å². The molecule has 0 saturated carbocycles. The number of aromatic amines is 1. The van der Waals surface area contributed by atoms with Crippen LogP contribution in [0.1, 0.15) is 22.5 Å². The van der Waals surface area contributed by atoms with Crippen molar-refractivity contribution in [3.05, 3.63) is 78.0 Å². The van der Waals surface area contributed by atoms with E-state index >= 15 is 0 Å². The van der Waals surface area contributed by atoms with E-state index in [-0.39, 0.29) is 11.7 Å². The van der Waals surface area contributed by atoms with E-state index in [9.17, 15) is 9.90 Å². The highest BCUT2D eigenvalue weighted by Gasteiger charge is 2.21. The van der Waals surface area contributed by atoms with Gasteiger partial charge < -0.3 is 10.0 Å². The van der Waals surface area contributed by atoms with Gasteiger partial charge in [0.2, 0.25) is 0 Å². The highest BCUT2D eigenvalue weighted by Crippen LogP contribution is 2.24. The Morgan fingerprint density at radius 2 is 1.81 bits per heavy atom. The zero-order chi connectivity index (χ0) is 17.9. The molecule has 5 heteroatoms. The standard InChI is InChI=1S/C21H19N3O2/c25-18-8-6-17(7-9-18)19-14-20(23-22-19)21(26)24-12-10-16(11-13-24)15-4-2-1-3-5-15/h1-10,14,25H,11-13H2,(H,22,23). The first-order chi connectivity index (χ1) is 12.7. The Hall–Kier alpha value is -3.34. The van der Waals surface area contributed by atoms with Crippen LogP contribution in [0.2, 0.25) is 0 Å². The number of aromatic hydroxyl groups is 1. The number of rotatable bonds is 3. The number of hydrogen-bond donors (Lipinski definition) is 2. The number of carbonyl (C=O) groups is 1. The lowest BCUT2D eigenvalue weighted by atomic mass is 9.99. The Morgan fingerprint density at radius 1 is 1.04 bits per heavy atom. The van der Waals surface area contributed by atoms with Gasteiger partial charge in [-0.3, -0.25) is 9.89 Å². The van der Waals surface area contributed by atoms with Gasteiger partial charge in [-0.05, 0) is 47.9 Å². The maximum absolute atomic E-state index is 12.7. The Bertz CT molecular complexity index is 943. The van der Waals surface area contributed by atoms with E-state index < -0.39 is 0 Å². The SMILES string of the molecule is O=C(c1cc(-c2ccc(O)cc2)n[nH]1)N1CC=C(c2ccccc2)CC1. The molecule has 0 saturated heterocycles. The number of phenols is 1. The lowest BCUT2D eigenvalue weighted by Crippen LogP contribution is -2.34. The second-order valence-electron chi connectivity index (χ2n) is 6.31. The average Bonchev–Trinajstić information content (AvgIpc) is 3.19. The summed E-state index contributed by atoms with van der Waals surface area (Å²) in [7, 11) is 0. The molecule has 2 N–H and O–H groups in total. The minimum atomic E-state index is -0.0501. The van der Waals surface area contributed by atoms with Gasteiger partial charge in [0, 0.05) is 18.7 Å². The Balaban J connectivity index is 1.47. The van der Waals surface area contributed by atoms with Gasteiger partial charge in [0.05, 0.1) is 5.69 Å². The summed E-state index contributed by atoms with van der Waals surface area (Å²) in [6.45, 7) is 1.28. The predicted octanol–water partition coefficient (Wildman–Crippen LogP) is 3.71. The minimum absolute atomic E-state index is 0.0501. The molecule has 3 aromatic rings. The van der Waals surface area contributed by atoms with E-state index in [0.29, 0.717) is 24.5 Å². The van der Waals surface area contributed by atoms with Crippen LogP contribution >= 0.6 is 0 Å². The van der Waals surface area contributed by atoms with Crippen LogP contribution in [0.4, 0.5) is 0 Å².